The summed E-state index contributed by atoms with van der Waals surface area (Å²) in [5.41, 5.74) is -0.557. The summed E-state index contributed by atoms with van der Waals surface area (Å²) in [6.45, 7) is -16.1. The van der Waals surface area contributed by atoms with Crippen molar-refractivity contribution in [2.45, 2.75) is 52.2 Å². The number of aromatic nitrogens is 16. The first kappa shape index (κ1) is 60.1. The van der Waals surface area contributed by atoms with E-state index < -0.39 is 80.8 Å². The summed E-state index contributed by atoms with van der Waals surface area (Å²) in [5, 5.41) is 13.1. The summed E-state index contributed by atoms with van der Waals surface area (Å²) in [5.74, 6) is -0.0413. The van der Waals surface area contributed by atoms with Gasteiger partial charge >= 0.3 is 0 Å². The molecule has 12 aromatic rings. The Morgan fingerprint density at radius 2 is 0.723 bits per heavy atom. The van der Waals surface area contributed by atoms with Gasteiger partial charge in [-0.15, -0.1) is 0 Å². The van der Waals surface area contributed by atoms with Crippen molar-refractivity contribution in [3.8, 4) is 0 Å². The number of hydrogen-bond donors (Lipinski definition) is 8. The molecule has 4 aliphatic heterocycles. The molecule has 12 heterocycles. The van der Waals surface area contributed by atoms with Crippen molar-refractivity contribution in [3.63, 3.8) is 0 Å². The summed E-state index contributed by atoms with van der Waals surface area (Å²) in [6, 6.07) is 17.0. The Kier molecular flexibility index (Phi) is 21.2. The van der Waals surface area contributed by atoms with Gasteiger partial charge in [0.05, 0.1) is 133 Å². The normalized spacial score (nSPS) is 19.8. The highest BCUT2D eigenvalue weighted by molar-refractivity contribution is 6.43. The van der Waals surface area contributed by atoms with E-state index in [1.165, 1.54) is 57.4 Å². The SMILES string of the molecule is [2H]C([2H])(N1CCOCC1)C([2H])([2H])n1cnc2nc(NCc3ccc(Cl)c(Cl)c3)[nH]c(=O)c21.[2H]C([2H])(Nc1nc2ncn(C([2H])([2H])C([2H])([2H])N3CCOCC3)c2c(=O)[nH]1)c1ccc(Cl)c(Cl)c1.[2H]C1([2H])COCC([2H])([2H])N1CCn1cnc2nc(NCc3ccc(Cl)c(Cl)c3)[nH]c(=O)c21.[2H]c1c(C([2H])([2H])Nc2nc3ncn(CCN4CCOC([2H])([2H])C4)c3c(=O)[nH]2)ccc(Cl)c1Cl. The molecular formula is C72H80Cl8N24O8. The smallest absolute Gasteiger partial charge is 0.278 e. The largest absolute Gasteiger partial charge is 0.379 e. The van der Waals surface area contributed by atoms with Crippen LogP contribution in [0.15, 0.2) is 117 Å². The first-order chi connectivity index (χ1) is 61.5. The third-order valence-corrected chi connectivity index (χ3v) is 19.5. The molecule has 16 rings (SSSR count). The maximum absolute atomic E-state index is 12.9. The number of H-pyrrole nitrogens is 4. The van der Waals surface area contributed by atoms with Crippen LogP contribution in [-0.4, -0.2) is 229 Å². The van der Waals surface area contributed by atoms with Gasteiger partial charge in [-0.25, -0.2) is 19.9 Å². The zero-order valence-electron chi connectivity index (χ0n) is 77.5. The molecule has 0 aliphatic carbocycles. The van der Waals surface area contributed by atoms with Gasteiger partial charge in [0, 0.05) is 141 Å². The number of anilines is 4. The molecule has 4 fully saturated rings. The predicted octanol–water partition coefficient (Wildman–Crippen LogP) is 9.48. The van der Waals surface area contributed by atoms with Gasteiger partial charge in [-0.3, -0.25) is 58.7 Å². The topological polar surface area (TPSA) is 352 Å². The summed E-state index contributed by atoms with van der Waals surface area (Å²) in [6.07, 6.45) is 4.99. The number of fused-ring (bicyclic) bond motifs is 4. The van der Waals surface area contributed by atoms with E-state index in [4.69, 9.17) is 138 Å². The van der Waals surface area contributed by atoms with E-state index >= 15 is 0 Å². The van der Waals surface area contributed by atoms with E-state index in [0.717, 1.165) is 37.8 Å². The number of ether oxygens (including phenoxy) is 4. The molecule has 4 aliphatic rings. The van der Waals surface area contributed by atoms with Crippen LogP contribution in [0.25, 0.3) is 44.7 Å². The molecule has 592 valence electrons. The predicted molar refractivity (Wildman–Crippen MR) is 437 cm³/mol. The first-order valence-corrected chi connectivity index (χ1v) is 37.1. The van der Waals surface area contributed by atoms with E-state index in [-0.39, 0.29) is 185 Å². The average Bonchev–Trinajstić information content (AvgIpc) is 1.64. The molecule has 8 N–H and O–H groups in total. The number of aryl methyl sites for hydroxylation is 2. The summed E-state index contributed by atoms with van der Waals surface area (Å²) in [4.78, 5) is 100. The lowest BCUT2D eigenvalue weighted by Gasteiger charge is -2.26. The quantitative estimate of drug-likeness (QED) is 0.0279. The molecule has 4 saturated heterocycles. The van der Waals surface area contributed by atoms with Gasteiger partial charge in [-0.2, -0.15) is 19.9 Å². The van der Waals surface area contributed by atoms with Crippen molar-refractivity contribution in [3.05, 3.63) is 202 Å². The highest BCUT2D eigenvalue weighted by Crippen LogP contribution is 2.27. The molecule has 40 heteroatoms. The van der Waals surface area contributed by atoms with Crippen LogP contribution in [0.3, 0.4) is 0 Å². The zero-order chi connectivity index (χ0) is 95.0. The van der Waals surface area contributed by atoms with Gasteiger partial charge in [0.25, 0.3) is 22.2 Å². The average molecular weight is 1710 g/mol. The zero-order valence-corrected chi connectivity index (χ0v) is 64.6. The number of aromatic amines is 4. The number of rotatable bonds is 24. The van der Waals surface area contributed by atoms with Crippen molar-refractivity contribution in [2.75, 3.05) is 152 Å². The lowest BCUT2D eigenvalue weighted by molar-refractivity contribution is 0.0364. The first-order valence-electron chi connectivity index (χ1n) is 43.6. The van der Waals surface area contributed by atoms with E-state index in [1.807, 2.05) is 4.90 Å². The second-order valence-electron chi connectivity index (χ2n) is 24.2. The maximum atomic E-state index is 12.9. The Labute approximate surface area is 707 Å². The number of morpholine rings is 4. The number of nitrogens with one attached hydrogen (secondary N) is 8. The van der Waals surface area contributed by atoms with Crippen molar-refractivity contribution in [1.29, 1.82) is 0 Å². The van der Waals surface area contributed by atoms with Gasteiger partial charge in [-0.05, 0) is 70.8 Å². The molecule has 0 saturated carbocycles. The van der Waals surface area contributed by atoms with Crippen LogP contribution in [-0.2, 0) is 71.1 Å². The van der Waals surface area contributed by atoms with Gasteiger partial charge in [-0.1, -0.05) is 117 Å². The molecule has 0 radical (unpaired) electrons. The molecule has 32 nitrogen and oxygen atoms in total. The number of halogens is 8. The number of nitrogens with zero attached hydrogens (tertiary/aromatic N) is 16. The molecule has 0 unspecified atom stereocenters. The molecule has 112 heavy (non-hydrogen) atoms. The van der Waals surface area contributed by atoms with E-state index in [1.54, 1.807) is 41.0 Å². The lowest BCUT2D eigenvalue weighted by atomic mass is 10.2. The van der Waals surface area contributed by atoms with Gasteiger partial charge in [0.1, 0.15) is 0 Å². The lowest BCUT2D eigenvalue weighted by Crippen LogP contribution is -2.38. The molecule has 8 aromatic heterocycles. The van der Waals surface area contributed by atoms with Gasteiger partial charge in [0.15, 0.2) is 44.7 Å². The monoisotopic (exact) mass is 1710 g/mol. The van der Waals surface area contributed by atoms with E-state index in [0.29, 0.717) is 66.0 Å². The standard InChI is InChI=1S/4C18H20Cl2N6O2/c4*19-13-2-1-12(9-14(13)20)10-21-18-23-16-15(17(27)24-18)26(11-22-16)4-3-25-5-7-28-8-6-25/h4*1-2,9,11H,3-8,10H2,(H2,21,23,24,27)/i7D2,9D,10D2;3D2,4D2,10D2;5D2,6D2;3D2,4D2. The van der Waals surface area contributed by atoms with Crippen LogP contribution in [0.5, 0.6) is 0 Å². The van der Waals surface area contributed by atoms with Gasteiger partial charge < -0.3 is 58.5 Å². The van der Waals surface area contributed by atoms with Crippen LogP contribution < -0.4 is 43.5 Å². The maximum Gasteiger partial charge on any atom is 0.278 e. The fourth-order valence-corrected chi connectivity index (χ4v) is 12.1. The van der Waals surface area contributed by atoms with Crippen molar-refractivity contribution in [2.24, 2.45) is 0 Å². The Morgan fingerprint density at radius 1 is 0.375 bits per heavy atom. The molecule has 0 atom stereocenters. The highest BCUT2D eigenvalue weighted by Gasteiger charge is 2.20. The Hall–Kier alpha value is -8.52. The summed E-state index contributed by atoms with van der Waals surface area (Å²) in [7, 11) is 0. The molecule has 4 aromatic carbocycles. The van der Waals surface area contributed by atoms with Crippen LogP contribution in [0.4, 0.5) is 23.8 Å². The fourth-order valence-electron chi connectivity index (χ4n) is 10.9. The van der Waals surface area contributed by atoms with Gasteiger partial charge in [0.2, 0.25) is 23.8 Å². The second-order valence-corrected chi connectivity index (χ2v) is 27.4. The van der Waals surface area contributed by atoms with Crippen LogP contribution in [0.1, 0.15) is 48.3 Å². The third-order valence-electron chi connectivity index (χ3n) is 16.6. The van der Waals surface area contributed by atoms with Crippen molar-refractivity contribution < 1.29 is 45.0 Å². The Morgan fingerprint density at radius 3 is 1.17 bits per heavy atom. The van der Waals surface area contributed by atoms with Crippen molar-refractivity contribution >= 4 is 161 Å². The Balaban J connectivity index is 0.000000149. The minimum Gasteiger partial charge on any atom is -0.379 e. The van der Waals surface area contributed by atoms with E-state index in [9.17, 15) is 19.2 Å². The highest BCUT2D eigenvalue weighted by atomic mass is 35.5. The van der Waals surface area contributed by atoms with E-state index in [2.05, 4.69) is 81.1 Å². The summed E-state index contributed by atoms with van der Waals surface area (Å²) < 4.78 is 182. The number of hydrogen-bond acceptors (Lipinski definition) is 24. The second kappa shape index (κ2) is 39.5. The minimum atomic E-state index is -2.68. The van der Waals surface area contributed by atoms with Crippen molar-refractivity contribution in [1.82, 2.24) is 97.7 Å². The number of imidazole rings is 4. The third kappa shape index (κ3) is 22.1. The van der Waals surface area contributed by atoms with Crippen LogP contribution in [0.2, 0.25) is 40.2 Å². The molecule has 0 amide bonds. The number of benzene rings is 4. The van der Waals surface area contributed by atoms with Crippen LogP contribution in [0, 0.1) is 0 Å². The summed E-state index contributed by atoms with van der Waals surface area (Å²) >= 11 is 47.6. The fraction of sp³-hybridized carbons (Fsp3) is 0.389. The molecule has 0 spiro atoms. The van der Waals surface area contributed by atoms with Crippen LogP contribution >= 0.6 is 92.8 Å². The minimum absolute atomic E-state index is 0.00737. The molecular weight excluding hydrogens is 1610 g/mol. The Bertz CT molecular complexity index is 6430. The molecule has 0 bridgehead atoms.